The molecule has 1 unspecified atom stereocenters. The molecule has 0 aromatic carbocycles. The van der Waals surface area contributed by atoms with Crippen LogP contribution in [0.3, 0.4) is 0 Å². The second-order valence-corrected chi connectivity index (χ2v) is 6.27. The van der Waals surface area contributed by atoms with E-state index >= 15 is 0 Å². The van der Waals surface area contributed by atoms with Gasteiger partial charge in [-0.1, -0.05) is 13.8 Å². The van der Waals surface area contributed by atoms with Crippen molar-refractivity contribution in [3.8, 4) is 0 Å². The van der Waals surface area contributed by atoms with E-state index in [1.165, 1.54) is 19.4 Å². The molecule has 0 spiro atoms. The lowest BCUT2D eigenvalue weighted by molar-refractivity contribution is 0.0166. The van der Waals surface area contributed by atoms with Crippen LogP contribution in [0.1, 0.15) is 33.1 Å². The third-order valence-electron chi connectivity index (χ3n) is 4.60. The van der Waals surface area contributed by atoms with Crippen LogP contribution in [0.2, 0.25) is 0 Å². The summed E-state index contributed by atoms with van der Waals surface area (Å²) in [6, 6.07) is 0.597. The predicted octanol–water partition coefficient (Wildman–Crippen LogP) is 2.40. The number of halogens is 1. The fraction of sp³-hybridized carbons (Fsp3) is 1.00. The first-order valence-corrected chi connectivity index (χ1v) is 7.14. The van der Waals surface area contributed by atoms with Gasteiger partial charge in [0.15, 0.2) is 0 Å². The maximum atomic E-state index is 14.1. The molecule has 2 heterocycles. The summed E-state index contributed by atoms with van der Waals surface area (Å²) in [5, 5.41) is 0. The smallest absolute Gasteiger partial charge is 0.116 e. The van der Waals surface area contributed by atoms with Crippen molar-refractivity contribution in [1.29, 1.82) is 0 Å². The first kappa shape index (κ1) is 13.3. The van der Waals surface area contributed by atoms with E-state index in [9.17, 15) is 4.39 Å². The summed E-state index contributed by atoms with van der Waals surface area (Å²) in [5.41, 5.74) is 0. The minimum atomic E-state index is -0.615. The molecule has 17 heavy (non-hydrogen) atoms. The number of likely N-dealkylation sites (N-methyl/N-ethyl adjacent to an activating group) is 1. The van der Waals surface area contributed by atoms with Gasteiger partial charge in [-0.05, 0) is 51.2 Å². The molecule has 3 heteroatoms. The second-order valence-electron chi connectivity index (χ2n) is 6.27. The van der Waals surface area contributed by atoms with E-state index in [-0.39, 0.29) is 5.92 Å². The first-order chi connectivity index (χ1) is 8.08. The van der Waals surface area contributed by atoms with Crippen molar-refractivity contribution in [3.63, 3.8) is 0 Å². The van der Waals surface area contributed by atoms with Crippen LogP contribution < -0.4 is 0 Å². The van der Waals surface area contributed by atoms with E-state index in [4.69, 9.17) is 0 Å². The van der Waals surface area contributed by atoms with Gasteiger partial charge in [0, 0.05) is 19.1 Å². The summed E-state index contributed by atoms with van der Waals surface area (Å²) < 4.78 is 14.1. The van der Waals surface area contributed by atoms with Crippen molar-refractivity contribution in [2.24, 2.45) is 11.8 Å². The molecule has 2 nitrogen and oxygen atoms in total. The van der Waals surface area contributed by atoms with Crippen LogP contribution in [0, 0.1) is 11.8 Å². The van der Waals surface area contributed by atoms with Crippen molar-refractivity contribution < 1.29 is 4.39 Å². The molecule has 0 bridgehead atoms. The second kappa shape index (κ2) is 5.66. The normalized spacial score (nSPS) is 37.6. The van der Waals surface area contributed by atoms with E-state index in [1.54, 1.807) is 0 Å². The molecule has 0 N–H and O–H groups in total. The third kappa shape index (κ3) is 3.19. The molecule has 0 saturated carbocycles. The zero-order valence-corrected chi connectivity index (χ0v) is 11.5. The fourth-order valence-corrected chi connectivity index (χ4v) is 3.47. The van der Waals surface area contributed by atoms with Gasteiger partial charge in [-0.25, -0.2) is 4.39 Å². The Labute approximate surface area is 105 Å². The standard InChI is InChI=1S/C14H27FN2/c1-11(2)13-6-8-17(10-14(13)15)12-5-4-7-16(3)9-12/h11-14H,4-10H2,1-3H3/t12?,13-,14-/m0/s1. The Kier molecular flexibility index (Phi) is 4.42. The number of hydrogen-bond acceptors (Lipinski definition) is 2. The summed E-state index contributed by atoms with van der Waals surface area (Å²) >= 11 is 0. The lowest BCUT2D eigenvalue weighted by Gasteiger charge is -2.43. The van der Waals surface area contributed by atoms with Gasteiger partial charge in [-0.15, -0.1) is 0 Å². The molecule has 2 aliphatic heterocycles. The molecule has 2 saturated heterocycles. The number of rotatable bonds is 2. The highest BCUT2D eigenvalue weighted by molar-refractivity contribution is 4.88. The molecule has 0 aromatic rings. The van der Waals surface area contributed by atoms with Gasteiger partial charge < -0.3 is 4.90 Å². The van der Waals surface area contributed by atoms with Crippen LogP contribution in [0.15, 0.2) is 0 Å². The van der Waals surface area contributed by atoms with E-state index in [1.807, 2.05) is 0 Å². The van der Waals surface area contributed by atoms with Crippen LogP contribution >= 0.6 is 0 Å². The Hall–Kier alpha value is -0.150. The van der Waals surface area contributed by atoms with E-state index in [0.29, 0.717) is 18.5 Å². The largest absolute Gasteiger partial charge is 0.305 e. The third-order valence-corrected chi connectivity index (χ3v) is 4.60. The topological polar surface area (TPSA) is 6.48 Å². The van der Waals surface area contributed by atoms with Crippen LogP contribution in [0.4, 0.5) is 4.39 Å². The van der Waals surface area contributed by atoms with Crippen molar-refractivity contribution in [1.82, 2.24) is 9.80 Å². The minimum absolute atomic E-state index is 0.285. The highest BCUT2D eigenvalue weighted by atomic mass is 19.1. The number of piperidine rings is 2. The Morgan fingerprint density at radius 1 is 1.12 bits per heavy atom. The Morgan fingerprint density at radius 3 is 2.47 bits per heavy atom. The Bertz CT molecular complexity index is 244. The number of likely N-dealkylation sites (tertiary alicyclic amines) is 2. The zero-order valence-electron chi connectivity index (χ0n) is 11.5. The SMILES string of the molecule is CC(C)[C@@H]1CCN(C2CCCN(C)C2)C[C@@H]1F. The quantitative estimate of drug-likeness (QED) is 0.733. The van der Waals surface area contributed by atoms with Crippen molar-refractivity contribution in [3.05, 3.63) is 0 Å². The summed E-state index contributed by atoms with van der Waals surface area (Å²) in [6.45, 7) is 8.41. The Balaban J connectivity index is 1.88. The summed E-state index contributed by atoms with van der Waals surface area (Å²) in [5.74, 6) is 0.772. The van der Waals surface area contributed by atoms with Gasteiger partial charge in [0.1, 0.15) is 6.17 Å². The van der Waals surface area contributed by atoms with Gasteiger partial charge in [0.2, 0.25) is 0 Å². The monoisotopic (exact) mass is 242 g/mol. The van der Waals surface area contributed by atoms with Crippen LogP contribution in [0.25, 0.3) is 0 Å². The predicted molar refractivity (Wildman–Crippen MR) is 69.9 cm³/mol. The number of nitrogens with zero attached hydrogens (tertiary/aromatic N) is 2. The highest BCUT2D eigenvalue weighted by Crippen LogP contribution is 2.29. The fourth-order valence-electron chi connectivity index (χ4n) is 3.47. The molecule has 2 rings (SSSR count). The van der Waals surface area contributed by atoms with Gasteiger partial charge in [0.05, 0.1) is 0 Å². The van der Waals surface area contributed by atoms with Gasteiger partial charge in [-0.2, -0.15) is 0 Å². The molecular formula is C14H27FN2. The molecule has 0 radical (unpaired) electrons. The van der Waals surface area contributed by atoms with Gasteiger partial charge in [0.25, 0.3) is 0 Å². The average Bonchev–Trinajstić information content (AvgIpc) is 2.28. The van der Waals surface area contributed by atoms with Gasteiger partial charge in [-0.3, -0.25) is 4.90 Å². The first-order valence-electron chi connectivity index (χ1n) is 7.14. The van der Waals surface area contributed by atoms with E-state index in [0.717, 1.165) is 19.5 Å². The lowest BCUT2D eigenvalue weighted by Crippen LogP contribution is -2.53. The van der Waals surface area contributed by atoms with Crippen molar-refractivity contribution >= 4 is 0 Å². The lowest BCUT2D eigenvalue weighted by atomic mass is 9.84. The minimum Gasteiger partial charge on any atom is -0.305 e. The van der Waals surface area contributed by atoms with Crippen LogP contribution in [0.5, 0.6) is 0 Å². The summed E-state index contributed by atoms with van der Waals surface area (Å²) in [4.78, 5) is 4.79. The zero-order chi connectivity index (χ0) is 12.4. The molecule has 0 amide bonds. The van der Waals surface area contributed by atoms with Crippen LogP contribution in [-0.2, 0) is 0 Å². The van der Waals surface area contributed by atoms with E-state index < -0.39 is 6.17 Å². The number of alkyl halides is 1. The molecule has 2 aliphatic rings. The van der Waals surface area contributed by atoms with Crippen LogP contribution in [-0.4, -0.2) is 55.2 Å². The Morgan fingerprint density at radius 2 is 1.88 bits per heavy atom. The molecule has 3 atom stereocenters. The molecule has 0 aliphatic carbocycles. The average molecular weight is 242 g/mol. The summed E-state index contributed by atoms with van der Waals surface area (Å²) in [7, 11) is 2.18. The molecule has 0 aromatic heterocycles. The molecular weight excluding hydrogens is 215 g/mol. The number of hydrogen-bond donors (Lipinski definition) is 0. The maximum Gasteiger partial charge on any atom is 0.116 e. The summed E-state index contributed by atoms with van der Waals surface area (Å²) in [6.07, 6.45) is 2.95. The molecule has 2 fully saturated rings. The molecule has 100 valence electrons. The van der Waals surface area contributed by atoms with Crippen molar-refractivity contribution in [2.45, 2.75) is 45.3 Å². The van der Waals surface area contributed by atoms with Crippen molar-refractivity contribution in [2.75, 3.05) is 33.2 Å². The van der Waals surface area contributed by atoms with Gasteiger partial charge >= 0.3 is 0 Å². The maximum absolute atomic E-state index is 14.1. The van der Waals surface area contributed by atoms with E-state index in [2.05, 4.69) is 30.7 Å². The highest BCUT2D eigenvalue weighted by Gasteiger charge is 2.34.